The maximum absolute atomic E-state index is 12.2. The van der Waals surface area contributed by atoms with Crippen LogP contribution in [0.4, 0.5) is 5.69 Å². The van der Waals surface area contributed by atoms with E-state index >= 15 is 0 Å². The Morgan fingerprint density at radius 2 is 1.91 bits per heavy atom. The third kappa shape index (κ3) is 3.02. The Morgan fingerprint density at radius 1 is 1.14 bits per heavy atom. The van der Waals surface area contributed by atoms with Crippen LogP contribution in [-0.2, 0) is 0 Å². The van der Waals surface area contributed by atoms with Crippen LogP contribution >= 0.6 is 11.6 Å². The van der Waals surface area contributed by atoms with Crippen molar-refractivity contribution in [2.75, 3.05) is 5.32 Å². The van der Waals surface area contributed by atoms with Crippen molar-refractivity contribution in [2.24, 2.45) is 0 Å². The number of hydrogen-bond acceptors (Lipinski definition) is 3. The third-order valence-corrected chi connectivity index (χ3v) is 3.49. The molecule has 0 saturated carbocycles. The van der Waals surface area contributed by atoms with Crippen LogP contribution in [-0.4, -0.2) is 11.1 Å². The molecule has 4 nitrogen and oxygen atoms in total. The number of hydrogen-bond donors (Lipinski definition) is 1. The molecule has 0 saturated heterocycles. The Hall–Kier alpha value is -2.59. The summed E-state index contributed by atoms with van der Waals surface area (Å²) in [6.07, 6.45) is 0. The standard InChI is InChI=1S/C17H13ClN2O2/c1-11-7-8-13(18)9-14(11)19-17(21)16-10-15(20-22-16)12-5-3-2-4-6-12/h2-10H,1H3,(H,19,21). The van der Waals surface area contributed by atoms with Crippen molar-refractivity contribution in [3.8, 4) is 11.3 Å². The van der Waals surface area contributed by atoms with Crippen LogP contribution in [0.15, 0.2) is 59.1 Å². The first-order chi connectivity index (χ1) is 10.6. The molecule has 0 spiro atoms. The SMILES string of the molecule is Cc1ccc(Cl)cc1NC(=O)c1cc(-c2ccccc2)no1. The van der Waals surface area contributed by atoms with Gasteiger partial charge >= 0.3 is 0 Å². The number of anilines is 1. The van der Waals surface area contributed by atoms with Gasteiger partial charge in [-0.05, 0) is 24.6 Å². The van der Waals surface area contributed by atoms with E-state index in [4.69, 9.17) is 16.1 Å². The molecule has 0 aliphatic carbocycles. The van der Waals surface area contributed by atoms with Crippen molar-refractivity contribution in [3.63, 3.8) is 0 Å². The van der Waals surface area contributed by atoms with Crippen LogP contribution in [0.25, 0.3) is 11.3 Å². The molecule has 1 N–H and O–H groups in total. The van der Waals surface area contributed by atoms with Gasteiger partial charge < -0.3 is 9.84 Å². The number of nitrogens with zero attached hydrogens (tertiary/aromatic N) is 1. The van der Waals surface area contributed by atoms with Gasteiger partial charge in [0.05, 0.1) is 0 Å². The van der Waals surface area contributed by atoms with Gasteiger partial charge in [-0.3, -0.25) is 4.79 Å². The predicted molar refractivity (Wildman–Crippen MR) is 86.1 cm³/mol. The fourth-order valence-electron chi connectivity index (χ4n) is 2.04. The number of rotatable bonds is 3. The Kier molecular flexibility index (Phi) is 3.94. The number of carbonyl (C=O) groups excluding carboxylic acids is 1. The molecule has 0 atom stereocenters. The fraction of sp³-hybridized carbons (Fsp3) is 0.0588. The summed E-state index contributed by atoms with van der Waals surface area (Å²) in [6.45, 7) is 1.89. The molecule has 0 aliphatic rings. The van der Waals surface area contributed by atoms with Crippen LogP contribution in [0, 0.1) is 6.92 Å². The van der Waals surface area contributed by atoms with Crippen molar-refractivity contribution in [1.29, 1.82) is 0 Å². The van der Waals surface area contributed by atoms with E-state index in [-0.39, 0.29) is 11.7 Å². The maximum atomic E-state index is 12.2. The molecule has 3 rings (SSSR count). The first-order valence-corrected chi connectivity index (χ1v) is 7.11. The summed E-state index contributed by atoms with van der Waals surface area (Å²) >= 11 is 5.94. The molecule has 3 aromatic rings. The molecule has 0 radical (unpaired) electrons. The van der Waals surface area contributed by atoms with Gasteiger partial charge in [0, 0.05) is 22.3 Å². The minimum absolute atomic E-state index is 0.151. The number of carbonyl (C=O) groups is 1. The van der Waals surface area contributed by atoms with Gasteiger partial charge in [0.2, 0.25) is 5.76 Å². The molecule has 5 heteroatoms. The number of aryl methyl sites for hydroxylation is 1. The molecule has 1 amide bonds. The summed E-state index contributed by atoms with van der Waals surface area (Å²) in [6, 6.07) is 16.5. The van der Waals surface area contributed by atoms with E-state index in [9.17, 15) is 4.79 Å². The monoisotopic (exact) mass is 312 g/mol. The zero-order chi connectivity index (χ0) is 15.5. The van der Waals surface area contributed by atoms with Crippen molar-refractivity contribution >= 4 is 23.2 Å². The highest BCUT2D eigenvalue weighted by molar-refractivity contribution is 6.31. The smallest absolute Gasteiger partial charge is 0.294 e. The normalized spacial score (nSPS) is 10.5. The van der Waals surface area contributed by atoms with E-state index in [1.165, 1.54) is 0 Å². The number of amides is 1. The van der Waals surface area contributed by atoms with E-state index in [0.29, 0.717) is 16.4 Å². The molecule has 1 aromatic heterocycles. The van der Waals surface area contributed by atoms with E-state index in [1.54, 1.807) is 18.2 Å². The lowest BCUT2D eigenvalue weighted by molar-refractivity contribution is 0.0988. The minimum atomic E-state index is -0.361. The first kappa shape index (κ1) is 14.4. The summed E-state index contributed by atoms with van der Waals surface area (Å²) in [5.74, 6) is -0.210. The average molecular weight is 313 g/mol. The summed E-state index contributed by atoms with van der Waals surface area (Å²) in [4.78, 5) is 12.2. The van der Waals surface area contributed by atoms with Crippen LogP contribution in [0.3, 0.4) is 0 Å². The van der Waals surface area contributed by atoms with E-state index in [1.807, 2.05) is 43.3 Å². The van der Waals surface area contributed by atoms with Gasteiger partial charge in [-0.2, -0.15) is 0 Å². The van der Waals surface area contributed by atoms with Gasteiger partial charge in [0.25, 0.3) is 5.91 Å². The Morgan fingerprint density at radius 3 is 2.68 bits per heavy atom. The number of nitrogens with one attached hydrogen (secondary N) is 1. The fourth-order valence-corrected chi connectivity index (χ4v) is 2.21. The van der Waals surface area contributed by atoms with Gasteiger partial charge in [0.15, 0.2) is 0 Å². The topological polar surface area (TPSA) is 55.1 Å². The molecule has 0 bridgehead atoms. The molecule has 1 heterocycles. The summed E-state index contributed by atoms with van der Waals surface area (Å²) in [5, 5.41) is 7.26. The third-order valence-electron chi connectivity index (χ3n) is 3.25. The lowest BCUT2D eigenvalue weighted by Gasteiger charge is -2.06. The lowest BCUT2D eigenvalue weighted by Crippen LogP contribution is -2.11. The van der Waals surface area contributed by atoms with Crippen LogP contribution < -0.4 is 5.32 Å². The number of halogens is 1. The molecule has 2 aromatic carbocycles. The number of aromatic nitrogens is 1. The second-order valence-corrected chi connectivity index (χ2v) is 5.29. The molecule has 0 fully saturated rings. The maximum Gasteiger partial charge on any atom is 0.294 e. The minimum Gasteiger partial charge on any atom is -0.350 e. The molecular weight excluding hydrogens is 300 g/mol. The highest BCUT2D eigenvalue weighted by Crippen LogP contribution is 2.22. The molecular formula is C17H13ClN2O2. The van der Waals surface area contributed by atoms with E-state index in [2.05, 4.69) is 10.5 Å². The second-order valence-electron chi connectivity index (χ2n) is 4.86. The first-order valence-electron chi connectivity index (χ1n) is 6.73. The molecule has 0 unspecified atom stereocenters. The zero-order valence-corrected chi connectivity index (χ0v) is 12.6. The van der Waals surface area contributed by atoms with Crippen LogP contribution in [0.1, 0.15) is 16.1 Å². The van der Waals surface area contributed by atoms with Gasteiger partial charge in [-0.25, -0.2) is 0 Å². The largest absolute Gasteiger partial charge is 0.350 e. The van der Waals surface area contributed by atoms with E-state index < -0.39 is 0 Å². The van der Waals surface area contributed by atoms with Gasteiger partial charge in [-0.1, -0.05) is 53.2 Å². The Labute approximate surface area is 132 Å². The van der Waals surface area contributed by atoms with Crippen LogP contribution in [0.2, 0.25) is 5.02 Å². The highest BCUT2D eigenvalue weighted by atomic mass is 35.5. The Bertz CT molecular complexity index is 813. The summed E-state index contributed by atoms with van der Waals surface area (Å²) in [5.41, 5.74) is 3.08. The van der Waals surface area contributed by atoms with Crippen molar-refractivity contribution in [1.82, 2.24) is 5.16 Å². The summed E-state index contributed by atoms with van der Waals surface area (Å²) < 4.78 is 5.13. The quantitative estimate of drug-likeness (QED) is 0.771. The van der Waals surface area contributed by atoms with Crippen LogP contribution in [0.5, 0.6) is 0 Å². The highest BCUT2D eigenvalue weighted by Gasteiger charge is 2.15. The zero-order valence-electron chi connectivity index (χ0n) is 11.8. The molecule has 22 heavy (non-hydrogen) atoms. The van der Waals surface area contributed by atoms with Crippen molar-refractivity contribution < 1.29 is 9.32 Å². The van der Waals surface area contributed by atoms with E-state index in [0.717, 1.165) is 11.1 Å². The van der Waals surface area contributed by atoms with Crippen molar-refractivity contribution in [3.05, 3.63) is 70.9 Å². The second kappa shape index (κ2) is 6.03. The lowest BCUT2D eigenvalue weighted by atomic mass is 10.1. The molecule has 110 valence electrons. The Balaban J connectivity index is 1.81. The average Bonchev–Trinajstić information content (AvgIpc) is 3.02. The van der Waals surface area contributed by atoms with Gasteiger partial charge in [-0.15, -0.1) is 0 Å². The number of benzene rings is 2. The predicted octanol–water partition coefficient (Wildman–Crippen LogP) is 4.56. The summed E-state index contributed by atoms with van der Waals surface area (Å²) in [7, 11) is 0. The molecule has 0 aliphatic heterocycles. The van der Waals surface area contributed by atoms with Gasteiger partial charge in [0.1, 0.15) is 5.69 Å². The van der Waals surface area contributed by atoms with Crippen molar-refractivity contribution in [2.45, 2.75) is 6.92 Å².